The molecule has 1 aromatic carbocycles. The topological polar surface area (TPSA) is 104 Å². The number of carbonyl (C=O) groups excluding carboxylic acids is 2. The number of ketones is 1. The summed E-state index contributed by atoms with van der Waals surface area (Å²) in [7, 11) is 1.54. The zero-order chi connectivity index (χ0) is 18.1. The Morgan fingerprint density at radius 1 is 1.28 bits per heavy atom. The number of rotatable bonds is 5. The molecule has 0 radical (unpaired) electrons. The van der Waals surface area contributed by atoms with Gasteiger partial charge < -0.3 is 10.5 Å². The third kappa shape index (κ3) is 3.03. The molecule has 2 aromatic heterocycles. The van der Waals surface area contributed by atoms with Gasteiger partial charge in [-0.05, 0) is 36.8 Å². The van der Waals surface area contributed by atoms with Crippen LogP contribution in [0.2, 0.25) is 0 Å². The molecule has 2 heterocycles. The first kappa shape index (κ1) is 16.8. The second kappa shape index (κ2) is 6.48. The predicted octanol–water partition coefficient (Wildman–Crippen LogP) is 1.76. The molecule has 0 saturated heterocycles. The molecule has 0 aliphatic heterocycles. The Hall–Kier alpha value is -3.00. The Labute approximate surface area is 146 Å². The van der Waals surface area contributed by atoms with E-state index in [1.165, 1.54) is 10.9 Å². The largest absolute Gasteiger partial charge is 0.497 e. The van der Waals surface area contributed by atoms with Crippen molar-refractivity contribution in [2.45, 2.75) is 13.5 Å². The average Bonchev–Trinajstić information content (AvgIpc) is 2.95. The number of amides is 1. The third-order valence-corrected chi connectivity index (χ3v) is 5.08. The highest BCUT2D eigenvalue weighted by atomic mass is 32.1. The molecule has 0 aliphatic rings. The van der Waals surface area contributed by atoms with E-state index in [2.05, 4.69) is 4.98 Å². The number of primary amides is 1. The Bertz CT molecular complexity index is 1030. The number of aryl methyl sites for hydroxylation is 1. The molecule has 25 heavy (non-hydrogen) atoms. The molecule has 0 aliphatic carbocycles. The number of aromatic nitrogens is 2. The fraction of sp³-hybridized carbons (Fsp3) is 0.176. The smallest absolute Gasteiger partial charge is 0.262 e. The maximum atomic E-state index is 12.7. The fourth-order valence-corrected chi connectivity index (χ4v) is 3.52. The van der Waals surface area contributed by atoms with E-state index in [4.69, 9.17) is 10.5 Å². The summed E-state index contributed by atoms with van der Waals surface area (Å²) in [6, 6.07) is 6.64. The molecule has 1 amide bonds. The molecule has 0 atom stereocenters. The van der Waals surface area contributed by atoms with Gasteiger partial charge >= 0.3 is 0 Å². The lowest BCUT2D eigenvalue weighted by atomic mass is 10.1. The predicted molar refractivity (Wildman–Crippen MR) is 94.5 cm³/mol. The quantitative estimate of drug-likeness (QED) is 0.701. The number of ether oxygens (including phenoxy) is 1. The minimum Gasteiger partial charge on any atom is -0.497 e. The van der Waals surface area contributed by atoms with E-state index < -0.39 is 5.91 Å². The maximum absolute atomic E-state index is 12.7. The molecule has 0 unspecified atom stereocenters. The van der Waals surface area contributed by atoms with Gasteiger partial charge in [-0.15, -0.1) is 11.3 Å². The van der Waals surface area contributed by atoms with Crippen LogP contribution in [0.5, 0.6) is 5.75 Å². The van der Waals surface area contributed by atoms with Crippen molar-refractivity contribution in [2.75, 3.05) is 7.11 Å². The summed E-state index contributed by atoms with van der Waals surface area (Å²) >= 11 is 1.08. The lowest BCUT2D eigenvalue weighted by Crippen LogP contribution is -2.24. The summed E-state index contributed by atoms with van der Waals surface area (Å²) in [5.74, 6) is -0.181. The lowest BCUT2D eigenvalue weighted by molar-refractivity contribution is 0.0968. The van der Waals surface area contributed by atoms with Crippen LogP contribution in [0.1, 0.15) is 25.6 Å². The number of nitrogens with zero attached hydrogens (tertiary/aromatic N) is 2. The van der Waals surface area contributed by atoms with Crippen molar-refractivity contribution in [3.8, 4) is 5.75 Å². The first-order valence-corrected chi connectivity index (χ1v) is 8.19. The van der Waals surface area contributed by atoms with Crippen LogP contribution >= 0.6 is 11.3 Å². The van der Waals surface area contributed by atoms with Crippen molar-refractivity contribution < 1.29 is 14.3 Å². The summed E-state index contributed by atoms with van der Waals surface area (Å²) in [6.07, 6.45) is 1.31. The first-order chi connectivity index (χ1) is 11.9. The number of carbonyl (C=O) groups is 2. The van der Waals surface area contributed by atoms with Gasteiger partial charge in [0.2, 0.25) is 0 Å². The second-order valence-corrected chi connectivity index (χ2v) is 6.43. The van der Waals surface area contributed by atoms with Crippen molar-refractivity contribution >= 4 is 33.2 Å². The molecule has 2 N–H and O–H groups in total. The molecule has 0 spiro atoms. The summed E-state index contributed by atoms with van der Waals surface area (Å²) in [5.41, 5.74) is 5.91. The minimum absolute atomic E-state index is 0.144. The van der Waals surface area contributed by atoms with Crippen molar-refractivity contribution in [2.24, 2.45) is 5.73 Å². The first-order valence-electron chi connectivity index (χ1n) is 7.38. The number of thiophene rings is 1. The van der Waals surface area contributed by atoms with Crippen LogP contribution in [0, 0.1) is 6.92 Å². The molecule has 0 bridgehead atoms. The maximum Gasteiger partial charge on any atom is 0.262 e. The van der Waals surface area contributed by atoms with Gasteiger partial charge in [0.15, 0.2) is 5.78 Å². The van der Waals surface area contributed by atoms with E-state index in [0.29, 0.717) is 32.0 Å². The van der Waals surface area contributed by atoms with Crippen LogP contribution in [0.3, 0.4) is 0 Å². The van der Waals surface area contributed by atoms with Gasteiger partial charge in [-0.1, -0.05) is 0 Å². The number of fused-ring (bicyclic) bond motifs is 1. The van der Waals surface area contributed by atoms with Crippen molar-refractivity contribution in [3.63, 3.8) is 0 Å². The van der Waals surface area contributed by atoms with Crippen LogP contribution in [-0.2, 0) is 6.54 Å². The van der Waals surface area contributed by atoms with Crippen LogP contribution in [-0.4, -0.2) is 28.4 Å². The second-order valence-electron chi connectivity index (χ2n) is 5.43. The molecule has 0 fully saturated rings. The molecule has 7 nitrogen and oxygen atoms in total. The van der Waals surface area contributed by atoms with Crippen LogP contribution < -0.4 is 16.0 Å². The normalized spacial score (nSPS) is 10.8. The number of Topliss-reactive ketones (excluding diaryl/α,β-unsaturated/α-hetero) is 1. The molecule has 128 valence electrons. The van der Waals surface area contributed by atoms with Crippen molar-refractivity contribution in [1.29, 1.82) is 0 Å². The lowest BCUT2D eigenvalue weighted by Gasteiger charge is -2.06. The van der Waals surface area contributed by atoms with E-state index in [9.17, 15) is 14.4 Å². The van der Waals surface area contributed by atoms with Crippen molar-refractivity contribution in [1.82, 2.24) is 9.55 Å². The van der Waals surface area contributed by atoms with E-state index in [-0.39, 0.29) is 17.9 Å². The number of hydrogen-bond donors (Lipinski definition) is 1. The minimum atomic E-state index is -0.597. The van der Waals surface area contributed by atoms with E-state index in [0.717, 1.165) is 11.3 Å². The molecule has 8 heteroatoms. The number of nitrogens with two attached hydrogens (primary N) is 1. The zero-order valence-electron chi connectivity index (χ0n) is 13.6. The van der Waals surface area contributed by atoms with Crippen molar-refractivity contribution in [3.05, 3.63) is 57.0 Å². The van der Waals surface area contributed by atoms with Gasteiger partial charge in [-0.25, -0.2) is 4.98 Å². The Morgan fingerprint density at radius 3 is 2.56 bits per heavy atom. The molecule has 0 saturated carbocycles. The Morgan fingerprint density at radius 2 is 1.96 bits per heavy atom. The van der Waals surface area contributed by atoms with Gasteiger partial charge in [0.05, 0.1) is 30.2 Å². The Kier molecular flexibility index (Phi) is 4.37. The van der Waals surface area contributed by atoms with E-state index in [1.54, 1.807) is 38.3 Å². The van der Waals surface area contributed by atoms with Crippen LogP contribution in [0.25, 0.3) is 10.2 Å². The zero-order valence-corrected chi connectivity index (χ0v) is 14.4. The van der Waals surface area contributed by atoms with Gasteiger partial charge in [0.25, 0.3) is 11.5 Å². The van der Waals surface area contributed by atoms with E-state index >= 15 is 0 Å². The Balaban J connectivity index is 1.97. The number of hydrogen-bond acceptors (Lipinski definition) is 6. The SMILES string of the molecule is COc1ccc(C(=O)Cn2cnc3sc(C(N)=O)c(C)c3c2=O)cc1. The van der Waals surface area contributed by atoms with Gasteiger partial charge in [-0.3, -0.25) is 19.0 Å². The van der Waals surface area contributed by atoms with E-state index in [1.807, 2.05) is 0 Å². The molecule has 3 rings (SSSR count). The molecular weight excluding hydrogens is 342 g/mol. The monoisotopic (exact) mass is 357 g/mol. The summed E-state index contributed by atoms with van der Waals surface area (Å²) < 4.78 is 6.29. The number of benzene rings is 1. The number of methoxy groups -OCH3 is 1. The van der Waals surface area contributed by atoms with Crippen LogP contribution in [0.4, 0.5) is 0 Å². The highest BCUT2D eigenvalue weighted by molar-refractivity contribution is 7.20. The average molecular weight is 357 g/mol. The third-order valence-electron chi connectivity index (χ3n) is 3.87. The summed E-state index contributed by atoms with van der Waals surface area (Å²) in [6.45, 7) is 1.51. The molecular formula is C17H15N3O4S. The standard InChI is InChI=1S/C17H15N3O4S/c1-9-13-16(25-14(9)15(18)22)19-8-20(17(13)23)7-12(21)10-3-5-11(24-2)6-4-10/h3-6,8H,7H2,1-2H3,(H2,18,22). The summed E-state index contributed by atoms with van der Waals surface area (Å²) in [5, 5.41) is 0.323. The van der Waals surface area contributed by atoms with Gasteiger partial charge in [0.1, 0.15) is 10.6 Å². The highest BCUT2D eigenvalue weighted by Crippen LogP contribution is 2.26. The van der Waals surface area contributed by atoms with Gasteiger partial charge in [-0.2, -0.15) is 0 Å². The summed E-state index contributed by atoms with van der Waals surface area (Å²) in [4.78, 5) is 41.4. The fourth-order valence-electron chi connectivity index (χ4n) is 2.53. The van der Waals surface area contributed by atoms with Gasteiger partial charge in [0, 0.05) is 5.56 Å². The van der Waals surface area contributed by atoms with Crippen LogP contribution in [0.15, 0.2) is 35.4 Å². The molecule has 3 aromatic rings. The highest BCUT2D eigenvalue weighted by Gasteiger charge is 2.18.